The van der Waals surface area contributed by atoms with Crippen LogP contribution in [0, 0.1) is 0 Å². The Morgan fingerprint density at radius 3 is 2.66 bits per heavy atom. The fraction of sp³-hybridized carbons (Fsp3) is 0.280. The van der Waals surface area contributed by atoms with Gasteiger partial charge >= 0.3 is 0 Å². The van der Waals surface area contributed by atoms with Crippen LogP contribution in [0.25, 0.3) is 0 Å². The van der Waals surface area contributed by atoms with Crippen molar-refractivity contribution >= 4 is 12.1 Å². The third-order valence-electron chi connectivity index (χ3n) is 5.36. The number of hydrogen-bond donors (Lipinski definition) is 0. The molecule has 0 unspecified atom stereocenters. The van der Waals surface area contributed by atoms with Crippen LogP contribution >= 0.6 is 0 Å². The summed E-state index contributed by atoms with van der Waals surface area (Å²) in [5.41, 5.74) is 3.16. The fourth-order valence-corrected chi connectivity index (χ4v) is 3.78. The van der Waals surface area contributed by atoms with Crippen molar-refractivity contribution in [1.82, 2.24) is 4.90 Å². The summed E-state index contributed by atoms with van der Waals surface area (Å²) >= 11 is 0. The van der Waals surface area contributed by atoms with Gasteiger partial charge in [-0.05, 0) is 35.4 Å². The summed E-state index contributed by atoms with van der Waals surface area (Å²) in [5.74, 6) is 1.09. The Kier molecular flexibility index (Phi) is 6.20. The van der Waals surface area contributed by atoms with Crippen LogP contribution in [0.4, 0.5) is 0 Å². The molecule has 0 radical (unpaired) electrons. The molecule has 1 aromatic rings. The summed E-state index contributed by atoms with van der Waals surface area (Å²) in [5, 5.41) is 0. The normalized spacial score (nSPS) is 19.7. The second kappa shape index (κ2) is 9.37. The van der Waals surface area contributed by atoms with E-state index in [0.717, 1.165) is 50.2 Å². The van der Waals surface area contributed by atoms with Crippen LogP contribution in [0.5, 0.6) is 0 Å². The zero-order valence-electron chi connectivity index (χ0n) is 16.5. The Morgan fingerprint density at radius 1 is 1.03 bits per heavy atom. The van der Waals surface area contributed by atoms with E-state index in [1.807, 2.05) is 47.5 Å². The van der Waals surface area contributed by atoms with Crippen molar-refractivity contribution in [3.05, 3.63) is 95.3 Å². The smallest absolute Gasteiger partial charge is 0.253 e. The van der Waals surface area contributed by atoms with Crippen molar-refractivity contribution in [3.8, 4) is 0 Å². The number of allylic oxidation sites excluding steroid dienone is 8. The van der Waals surface area contributed by atoms with Crippen LogP contribution in [0.3, 0.4) is 0 Å². The number of piperidine rings is 1. The van der Waals surface area contributed by atoms with Gasteiger partial charge < -0.3 is 9.64 Å². The average Bonchev–Trinajstić information content (AvgIpc) is 3.17. The van der Waals surface area contributed by atoms with Gasteiger partial charge in [-0.3, -0.25) is 9.79 Å². The van der Waals surface area contributed by atoms with Crippen LogP contribution in [-0.2, 0) is 4.74 Å². The number of likely N-dealkylation sites (tertiary alicyclic amines) is 1. The Morgan fingerprint density at radius 2 is 1.83 bits per heavy atom. The number of hydrogen-bond acceptors (Lipinski definition) is 3. The molecule has 148 valence electrons. The number of benzene rings is 1. The molecule has 4 nitrogen and oxygen atoms in total. The molecule has 1 saturated heterocycles. The zero-order chi connectivity index (χ0) is 19.9. The van der Waals surface area contributed by atoms with Crippen molar-refractivity contribution in [2.45, 2.75) is 25.4 Å². The lowest BCUT2D eigenvalue weighted by Gasteiger charge is -2.33. The molecule has 0 spiro atoms. The minimum Gasteiger partial charge on any atom is -0.494 e. The van der Waals surface area contributed by atoms with Crippen LogP contribution in [0.2, 0.25) is 0 Å². The largest absolute Gasteiger partial charge is 0.494 e. The lowest BCUT2D eigenvalue weighted by Crippen LogP contribution is -2.40. The van der Waals surface area contributed by atoms with Gasteiger partial charge in [-0.25, -0.2) is 0 Å². The number of carbonyl (C=O) groups excluding carboxylic acids is 1. The third-order valence-corrected chi connectivity index (χ3v) is 5.36. The highest BCUT2D eigenvalue weighted by molar-refractivity contribution is 5.94. The lowest BCUT2D eigenvalue weighted by atomic mass is 10.0. The van der Waals surface area contributed by atoms with E-state index in [0.29, 0.717) is 0 Å². The van der Waals surface area contributed by atoms with Gasteiger partial charge in [0.1, 0.15) is 11.9 Å². The molecule has 2 heterocycles. The van der Waals surface area contributed by atoms with Gasteiger partial charge in [0, 0.05) is 44.1 Å². The van der Waals surface area contributed by atoms with Crippen molar-refractivity contribution in [3.63, 3.8) is 0 Å². The summed E-state index contributed by atoms with van der Waals surface area (Å²) in [6.07, 6.45) is 19.0. The minimum absolute atomic E-state index is 0.111. The molecule has 1 fully saturated rings. The van der Waals surface area contributed by atoms with Gasteiger partial charge in [-0.1, -0.05) is 48.6 Å². The Balaban J connectivity index is 1.33. The standard InChI is InChI=1S/C25H26N2O2/c28-25(21-7-2-1-3-8-21)27-17-13-23(14-18-27)29-24-11-5-4-9-22(19-24)20-10-6-15-26-16-12-20/h1-12,16,23H,13-15,17-19H2. The van der Waals surface area contributed by atoms with Gasteiger partial charge in [0.25, 0.3) is 5.91 Å². The minimum atomic E-state index is 0.111. The first kappa shape index (κ1) is 19.2. The van der Waals surface area contributed by atoms with E-state index in [1.165, 1.54) is 11.1 Å². The first-order valence-corrected chi connectivity index (χ1v) is 10.2. The number of ether oxygens (including phenoxy) is 1. The quantitative estimate of drug-likeness (QED) is 0.756. The summed E-state index contributed by atoms with van der Waals surface area (Å²) in [4.78, 5) is 18.8. The summed E-state index contributed by atoms with van der Waals surface area (Å²) < 4.78 is 6.34. The second-order valence-electron chi connectivity index (χ2n) is 7.40. The molecule has 1 aromatic carbocycles. The molecule has 1 aliphatic carbocycles. The number of aliphatic imine (C=N–C) groups is 1. The van der Waals surface area contributed by atoms with E-state index in [1.54, 1.807) is 0 Å². The molecule has 0 saturated carbocycles. The predicted molar refractivity (Wildman–Crippen MR) is 117 cm³/mol. The summed E-state index contributed by atoms with van der Waals surface area (Å²) in [6, 6.07) is 9.50. The highest BCUT2D eigenvalue weighted by atomic mass is 16.5. The second-order valence-corrected chi connectivity index (χ2v) is 7.40. The van der Waals surface area contributed by atoms with E-state index in [9.17, 15) is 4.79 Å². The van der Waals surface area contributed by atoms with Gasteiger partial charge in [0.05, 0.1) is 6.54 Å². The molecular weight excluding hydrogens is 360 g/mol. The van der Waals surface area contributed by atoms with Crippen LogP contribution in [0.1, 0.15) is 29.6 Å². The number of rotatable bonds is 4. The van der Waals surface area contributed by atoms with E-state index in [4.69, 9.17) is 4.74 Å². The highest BCUT2D eigenvalue weighted by Gasteiger charge is 2.25. The Hall–Kier alpha value is -3.14. The first-order chi connectivity index (χ1) is 14.3. The highest BCUT2D eigenvalue weighted by Crippen LogP contribution is 2.27. The van der Waals surface area contributed by atoms with E-state index in [-0.39, 0.29) is 12.0 Å². The maximum absolute atomic E-state index is 12.6. The molecule has 4 heteroatoms. The summed E-state index contributed by atoms with van der Waals surface area (Å²) in [7, 11) is 0. The van der Waals surface area contributed by atoms with Crippen molar-refractivity contribution in [2.75, 3.05) is 19.6 Å². The van der Waals surface area contributed by atoms with E-state index < -0.39 is 0 Å². The van der Waals surface area contributed by atoms with Crippen LogP contribution in [0.15, 0.2) is 94.8 Å². The average molecular weight is 386 g/mol. The first-order valence-electron chi connectivity index (χ1n) is 10.2. The van der Waals surface area contributed by atoms with Crippen LogP contribution in [-0.4, -0.2) is 42.8 Å². The van der Waals surface area contributed by atoms with Crippen molar-refractivity contribution < 1.29 is 9.53 Å². The molecule has 0 aromatic heterocycles. The molecule has 1 amide bonds. The molecule has 0 N–H and O–H groups in total. The zero-order valence-corrected chi connectivity index (χ0v) is 16.5. The van der Waals surface area contributed by atoms with Crippen LogP contribution < -0.4 is 0 Å². The number of amides is 1. The molecule has 3 aliphatic rings. The molecular formula is C25H26N2O2. The number of nitrogens with zero attached hydrogens (tertiary/aromatic N) is 2. The fourth-order valence-electron chi connectivity index (χ4n) is 3.78. The summed E-state index contributed by atoms with van der Waals surface area (Å²) in [6.45, 7) is 2.19. The molecule has 0 bridgehead atoms. The van der Waals surface area contributed by atoms with Gasteiger partial charge in [0.2, 0.25) is 0 Å². The number of carbonyl (C=O) groups is 1. The van der Waals surface area contributed by atoms with Gasteiger partial charge in [-0.2, -0.15) is 0 Å². The molecule has 0 atom stereocenters. The van der Waals surface area contributed by atoms with Crippen molar-refractivity contribution in [2.24, 2.45) is 4.99 Å². The maximum Gasteiger partial charge on any atom is 0.253 e. The lowest BCUT2D eigenvalue weighted by molar-refractivity contribution is 0.0396. The van der Waals surface area contributed by atoms with E-state index >= 15 is 0 Å². The van der Waals surface area contributed by atoms with E-state index in [2.05, 4.69) is 41.4 Å². The van der Waals surface area contributed by atoms with Gasteiger partial charge in [0.15, 0.2) is 0 Å². The topological polar surface area (TPSA) is 41.9 Å². The predicted octanol–water partition coefficient (Wildman–Crippen LogP) is 4.65. The monoisotopic (exact) mass is 386 g/mol. The molecule has 4 rings (SSSR count). The Bertz CT molecular complexity index is 911. The molecule has 29 heavy (non-hydrogen) atoms. The Labute approximate surface area is 172 Å². The van der Waals surface area contributed by atoms with Crippen molar-refractivity contribution in [1.29, 1.82) is 0 Å². The van der Waals surface area contributed by atoms with Gasteiger partial charge in [-0.15, -0.1) is 0 Å². The molecule has 2 aliphatic heterocycles. The SMILES string of the molecule is O=C(c1ccccc1)N1CCC(OC2=CC=CC=C(C3=CC=NCC=C3)C2)CC1. The third kappa shape index (κ3) is 5.02. The maximum atomic E-state index is 12.6.